The predicted octanol–water partition coefficient (Wildman–Crippen LogP) is 2.44. The fourth-order valence-electron chi connectivity index (χ4n) is 3.68. The van der Waals surface area contributed by atoms with Crippen LogP contribution in [-0.4, -0.2) is 39.4 Å². The molecule has 0 atom stereocenters. The third-order valence-electron chi connectivity index (χ3n) is 5.26. The van der Waals surface area contributed by atoms with Crippen LogP contribution in [0.1, 0.15) is 27.3 Å². The number of carbonyl (C=O) groups excluding carboxylic acids is 2. The minimum absolute atomic E-state index is 0.107. The normalized spacial score (nSPS) is 13.4. The second kappa shape index (κ2) is 8.73. The molecule has 3 aromatic rings. The summed E-state index contributed by atoms with van der Waals surface area (Å²) in [7, 11) is 0. The monoisotopic (exact) mass is 388 g/mol. The highest BCUT2D eigenvalue weighted by molar-refractivity contribution is 5.93. The van der Waals surface area contributed by atoms with Crippen LogP contribution in [0.15, 0.2) is 67.0 Å². The average Bonchev–Trinajstić information content (AvgIpc) is 3.04. The van der Waals surface area contributed by atoms with Crippen molar-refractivity contribution in [3.05, 3.63) is 89.5 Å². The first-order chi connectivity index (χ1) is 14.2. The van der Waals surface area contributed by atoms with Crippen molar-refractivity contribution in [3.63, 3.8) is 0 Å². The lowest BCUT2D eigenvalue weighted by atomic mass is 10.1. The van der Waals surface area contributed by atoms with E-state index in [1.54, 1.807) is 12.4 Å². The van der Waals surface area contributed by atoms with Gasteiger partial charge in [0.15, 0.2) is 0 Å². The van der Waals surface area contributed by atoms with Gasteiger partial charge in [0.2, 0.25) is 5.91 Å². The Bertz CT molecular complexity index is 983. The van der Waals surface area contributed by atoms with Gasteiger partial charge in [-0.3, -0.25) is 14.6 Å². The van der Waals surface area contributed by atoms with E-state index in [9.17, 15) is 9.59 Å². The molecule has 3 heterocycles. The van der Waals surface area contributed by atoms with Gasteiger partial charge in [0, 0.05) is 50.7 Å². The van der Waals surface area contributed by atoms with E-state index in [4.69, 9.17) is 0 Å². The van der Waals surface area contributed by atoms with Crippen molar-refractivity contribution < 1.29 is 9.59 Å². The number of carbonyl (C=O) groups is 2. The van der Waals surface area contributed by atoms with Crippen molar-refractivity contribution in [1.82, 2.24) is 19.8 Å². The fraction of sp³-hybridized carbons (Fsp3) is 0.261. The van der Waals surface area contributed by atoms with Crippen LogP contribution in [0.5, 0.6) is 0 Å². The first-order valence-electron chi connectivity index (χ1n) is 9.88. The minimum Gasteiger partial charge on any atom is -0.347 e. The number of nitrogens with one attached hydrogen (secondary N) is 1. The number of pyridine rings is 1. The zero-order valence-electron chi connectivity index (χ0n) is 16.3. The van der Waals surface area contributed by atoms with E-state index in [0.717, 1.165) is 23.2 Å². The number of fused-ring (bicyclic) bond motifs is 1. The molecule has 1 aromatic carbocycles. The zero-order chi connectivity index (χ0) is 20.1. The maximum atomic E-state index is 12.7. The second-order valence-electron chi connectivity index (χ2n) is 7.20. The smallest absolute Gasteiger partial charge is 0.268 e. The van der Waals surface area contributed by atoms with E-state index in [-0.39, 0.29) is 11.8 Å². The molecule has 148 valence electrons. The number of hydrogen-bond acceptors (Lipinski definition) is 3. The van der Waals surface area contributed by atoms with Gasteiger partial charge in [-0.1, -0.05) is 36.4 Å². The third kappa shape index (κ3) is 4.54. The molecule has 0 spiro atoms. The van der Waals surface area contributed by atoms with Gasteiger partial charge in [-0.2, -0.15) is 0 Å². The summed E-state index contributed by atoms with van der Waals surface area (Å²) in [5.74, 6) is 0.0219. The topological polar surface area (TPSA) is 67.2 Å². The molecule has 1 aliphatic heterocycles. The van der Waals surface area contributed by atoms with Crippen LogP contribution in [0, 0.1) is 0 Å². The van der Waals surface area contributed by atoms with Crippen LogP contribution < -0.4 is 5.32 Å². The van der Waals surface area contributed by atoms with Crippen LogP contribution in [0.3, 0.4) is 0 Å². The Hall–Kier alpha value is -3.41. The van der Waals surface area contributed by atoms with E-state index < -0.39 is 0 Å². The molecule has 29 heavy (non-hydrogen) atoms. The van der Waals surface area contributed by atoms with Gasteiger partial charge >= 0.3 is 0 Å². The molecule has 0 saturated heterocycles. The summed E-state index contributed by atoms with van der Waals surface area (Å²) in [4.78, 5) is 31.4. The maximum Gasteiger partial charge on any atom is 0.268 e. The van der Waals surface area contributed by atoms with Crippen LogP contribution in [0.2, 0.25) is 0 Å². The van der Waals surface area contributed by atoms with E-state index in [0.29, 0.717) is 38.3 Å². The Labute approximate surface area is 170 Å². The SMILES string of the molecule is O=C(NCc1cccnc1)c1ccc2n1CCN(C(=O)Cc1ccccc1)CC2. The van der Waals surface area contributed by atoms with Crippen LogP contribution in [0.4, 0.5) is 0 Å². The van der Waals surface area contributed by atoms with Crippen molar-refractivity contribution >= 4 is 11.8 Å². The molecule has 0 saturated carbocycles. The molecule has 0 aliphatic carbocycles. The first-order valence-corrected chi connectivity index (χ1v) is 9.88. The van der Waals surface area contributed by atoms with Gasteiger partial charge in [0.1, 0.15) is 5.69 Å². The quantitative estimate of drug-likeness (QED) is 0.730. The lowest BCUT2D eigenvalue weighted by molar-refractivity contribution is -0.130. The second-order valence-corrected chi connectivity index (χ2v) is 7.20. The van der Waals surface area contributed by atoms with E-state index in [1.807, 2.05) is 64.1 Å². The van der Waals surface area contributed by atoms with Gasteiger partial charge in [0.25, 0.3) is 5.91 Å². The van der Waals surface area contributed by atoms with E-state index >= 15 is 0 Å². The van der Waals surface area contributed by atoms with Crippen molar-refractivity contribution in [1.29, 1.82) is 0 Å². The number of benzene rings is 1. The molecule has 2 amide bonds. The lowest BCUT2D eigenvalue weighted by Gasteiger charge is -2.20. The molecule has 4 rings (SSSR count). The number of nitrogens with zero attached hydrogens (tertiary/aromatic N) is 3. The minimum atomic E-state index is -0.107. The third-order valence-corrected chi connectivity index (χ3v) is 5.26. The predicted molar refractivity (Wildman–Crippen MR) is 110 cm³/mol. The highest BCUT2D eigenvalue weighted by Gasteiger charge is 2.22. The Morgan fingerprint density at radius 1 is 0.931 bits per heavy atom. The summed E-state index contributed by atoms with van der Waals surface area (Å²) in [5.41, 5.74) is 3.71. The summed E-state index contributed by atoms with van der Waals surface area (Å²) < 4.78 is 2.04. The Balaban J connectivity index is 1.38. The summed E-state index contributed by atoms with van der Waals surface area (Å²) in [6.07, 6.45) is 4.61. The summed E-state index contributed by atoms with van der Waals surface area (Å²) in [5, 5.41) is 2.96. The number of amides is 2. The van der Waals surface area contributed by atoms with Crippen molar-refractivity contribution in [3.8, 4) is 0 Å². The van der Waals surface area contributed by atoms with E-state index in [2.05, 4.69) is 10.3 Å². The lowest BCUT2D eigenvalue weighted by Crippen LogP contribution is -2.35. The summed E-state index contributed by atoms with van der Waals surface area (Å²) in [6.45, 7) is 2.34. The van der Waals surface area contributed by atoms with E-state index in [1.165, 1.54) is 0 Å². The van der Waals surface area contributed by atoms with Crippen molar-refractivity contribution in [2.45, 2.75) is 25.9 Å². The summed E-state index contributed by atoms with van der Waals surface area (Å²) >= 11 is 0. The van der Waals surface area contributed by atoms with Gasteiger partial charge < -0.3 is 14.8 Å². The fourth-order valence-corrected chi connectivity index (χ4v) is 3.68. The number of aromatic nitrogens is 2. The molecule has 0 radical (unpaired) electrons. The van der Waals surface area contributed by atoms with Gasteiger partial charge in [-0.05, 0) is 29.3 Å². The molecule has 0 fully saturated rings. The number of hydrogen-bond donors (Lipinski definition) is 1. The molecule has 2 aromatic heterocycles. The Kier molecular flexibility index (Phi) is 5.70. The molecule has 1 N–H and O–H groups in total. The molecule has 6 heteroatoms. The number of rotatable bonds is 5. The standard InChI is InChI=1S/C23H24N4O2/c28-22(15-18-5-2-1-3-6-18)26-12-10-20-8-9-21(27(20)14-13-26)23(29)25-17-19-7-4-11-24-16-19/h1-9,11,16H,10,12-15,17H2,(H,25,29). The molecule has 0 bridgehead atoms. The highest BCUT2D eigenvalue weighted by Crippen LogP contribution is 2.16. The Morgan fingerprint density at radius 3 is 2.55 bits per heavy atom. The largest absolute Gasteiger partial charge is 0.347 e. The molecular formula is C23H24N4O2. The highest BCUT2D eigenvalue weighted by atomic mass is 16.2. The molecule has 1 aliphatic rings. The van der Waals surface area contributed by atoms with Gasteiger partial charge in [-0.15, -0.1) is 0 Å². The summed E-state index contributed by atoms with van der Waals surface area (Å²) in [6, 6.07) is 17.5. The van der Waals surface area contributed by atoms with Gasteiger partial charge in [-0.25, -0.2) is 0 Å². The maximum absolute atomic E-state index is 12.7. The zero-order valence-corrected chi connectivity index (χ0v) is 16.3. The van der Waals surface area contributed by atoms with Crippen LogP contribution in [0.25, 0.3) is 0 Å². The van der Waals surface area contributed by atoms with Gasteiger partial charge in [0.05, 0.1) is 6.42 Å². The molecule has 0 unspecified atom stereocenters. The van der Waals surface area contributed by atoms with Crippen LogP contribution in [-0.2, 0) is 30.7 Å². The average molecular weight is 388 g/mol. The first kappa shape index (κ1) is 18.9. The molecule has 6 nitrogen and oxygen atoms in total. The Morgan fingerprint density at radius 2 is 1.76 bits per heavy atom. The van der Waals surface area contributed by atoms with Crippen molar-refractivity contribution in [2.75, 3.05) is 13.1 Å². The van der Waals surface area contributed by atoms with Crippen LogP contribution >= 0.6 is 0 Å². The van der Waals surface area contributed by atoms with Crippen molar-refractivity contribution in [2.24, 2.45) is 0 Å². The molecular weight excluding hydrogens is 364 g/mol.